The van der Waals surface area contributed by atoms with Gasteiger partial charge in [0.05, 0.1) is 15.7 Å². The molecular weight excluding hydrogens is 359 g/mol. The third-order valence-corrected chi connectivity index (χ3v) is 3.84. The van der Waals surface area contributed by atoms with E-state index in [1.54, 1.807) is 12.1 Å². The number of rotatable bonds is 3. The molecule has 2 aromatic rings. The Morgan fingerprint density at radius 1 is 1.16 bits per heavy atom. The second kappa shape index (κ2) is 6.07. The number of benzene rings is 2. The Morgan fingerprint density at radius 3 is 2.58 bits per heavy atom. The topological polar surface area (TPSA) is 12.0 Å². The summed E-state index contributed by atoms with van der Waals surface area (Å²) in [6, 6.07) is 7.04. The summed E-state index contributed by atoms with van der Waals surface area (Å²) >= 11 is 15.0. The minimum atomic E-state index is -0.481. The van der Waals surface area contributed by atoms with Crippen molar-refractivity contribution in [1.29, 1.82) is 0 Å². The highest BCUT2D eigenvalue weighted by Gasteiger charge is 2.10. The SMILES string of the molecule is Fc1cc(Cl)c(NCc2cccc(F)c2Cl)c(Br)c1. The summed E-state index contributed by atoms with van der Waals surface area (Å²) in [5.41, 5.74) is 1.12. The van der Waals surface area contributed by atoms with E-state index in [1.807, 2.05) is 0 Å². The Morgan fingerprint density at radius 2 is 1.89 bits per heavy atom. The molecule has 0 amide bonds. The van der Waals surface area contributed by atoms with Gasteiger partial charge in [-0.05, 0) is 39.7 Å². The fourth-order valence-electron chi connectivity index (χ4n) is 1.58. The summed E-state index contributed by atoms with van der Waals surface area (Å²) in [6.07, 6.45) is 0. The highest BCUT2D eigenvalue weighted by Crippen LogP contribution is 2.32. The van der Waals surface area contributed by atoms with Crippen molar-refractivity contribution >= 4 is 44.8 Å². The molecule has 1 nitrogen and oxygen atoms in total. The molecule has 0 saturated carbocycles. The van der Waals surface area contributed by atoms with Gasteiger partial charge in [-0.25, -0.2) is 8.78 Å². The maximum absolute atomic E-state index is 13.3. The minimum Gasteiger partial charge on any atom is -0.379 e. The first kappa shape index (κ1) is 14.6. The van der Waals surface area contributed by atoms with Crippen LogP contribution in [0, 0.1) is 11.6 Å². The van der Waals surface area contributed by atoms with Crippen molar-refractivity contribution in [3.8, 4) is 0 Å². The van der Waals surface area contributed by atoms with E-state index in [2.05, 4.69) is 21.2 Å². The third-order valence-electron chi connectivity index (χ3n) is 2.49. The summed E-state index contributed by atoms with van der Waals surface area (Å²) in [7, 11) is 0. The fraction of sp³-hybridized carbons (Fsp3) is 0.0769. The van der Waals surface area contributed by atoms with Crippen LogP contribution >= 0.6 is 39.1 Å². The van der Waals surface area contributed by atoms with E-state index in [1.165, 1.54) is 18.2 Å². The van der Waals surface area contributed by atoms with Gasteiger partial charge >= 0.3 is 0 Å². The highest BCUT2D eigenvalue weighted by molar-refractivity contribution is 9.10. The minimum absolute atomic E-state index is 0.0596. The van der Waals surface area contributed by atoms with Crippen LogP contribution in [0.3, 0.4) is 0 Å². The molecule has 0 heterocycles. The van der Waals surface area contributed by atoms with Crippen LogP contribution < -0.4 is 5.32 Å². The second-order valence-corrected chi connectivity index (χ2v) is 5.45. The van der Waals surface area contributed by atoms with Crippen molar-refractivity contribution in [3.05, 3.63) is 62.0 Å². The first-order valence-electron chi connectivity index (χ1n) is 5.30. The quantitative estimate of drug-likeness (QED) is 0.740. The van der Waals surface area contributed by atoms with Gasteiger partial charge in [0, 0.05) is 11.0 Å². The highest BCUT2D eigenvalue weighted by atomic mass is 79.9. The number of anilines is 1. The molecule has 6 heteroatoms. The molecule has 0 bridgehead atoms. The van der Waals surface area contributed by atoms with Gasteiger partial charge in [-0.15, -0.1) is 0 Å². The molecule has 0 radical (unpaired) electrons. The average molecular weight is 367 g/mol. The first-order valence-corrected chi connectivity index (χ1v) is 6.85. The molecule has 2 rings (SSSR count). The molecule has 19 heavy (non-hydrogen) atoms. The summed E-state index contributed by atoms with van der Waals surface area (Å²) < 4.78 is 26.8. The summed E-state index contributed by atoms with van der Waals surface area (Å²) in [6.45, 7) is 0.278. The monoisotopic (exact) mass is 365 g/mol. The molecule has 2 aromatic carbocycles. The Balaban J connectivity index is 2.22. The lowest BCUT2D eigenvalue weighted by Gasteiger charge is -2.12. The lowest BCUT2D eigenvalue weighted by molar-refractivity contribution is 0.626. The Kier molecular flexibility index (Phi) is 4.66. The van der Waals surface area contributed by atoms with Gasteiger partial charge in [-0.3, -0.25) is 0 Å². The normalized spacial score (nSPS) is 10.6. The maximum Gasteiger partial charge on any atom is 0.142 e. The van der Waals surface area contributed by atoms with Crippen LogP contribution in [0.2, 0.25) is 10.0 Å². The smallest absolute Gasteiger partial charge is 0.142 e. The summed E-state index contributed by atoms with van der Waals surface area (Å²) in [5.74, 6) is -0.920. The molecule has 0 atom stereocenters. The summed E-state index contributed by atoms with van der Waals surface area (Å²) in [4.78, 5) is 0. The number of halogens is 5. The molecule has 0 aliphatic rings. The van der Waals surface area contributed by atoms with Gasteiger partial charge in [0.15, 0.2) is 0 Å². The predicted octanol–water partition coefficient (Wildman–Crippen LogP) is 5.65. The number of hydrogen-bond donors (Lipinski definition) is 1. The van der Waals surface area contributed by atoms with Gasteiger partial charge in [-0.2, -0.15) is 0 Å². The van der Waals surface area contributed by atoms with Crippen LogP contribution in [-0.4, -0.2) is 0 Å². The standard InChI is InChI=1S/C13H8BrCl2F2N/c14-9-4-8(17)5-10(15)13(9)19-6-7-2-1-3-11(18)12(7)16/h1-5,19H,6H2. The summed E-state index contributed by atoms with van der Waals surface area (Å²) in [5, 5.41) is 3.29. The van der Waals surface area contributed by atoms with Crippen LogP contribution in [0.5, 0.6) is 0 Å². The van der Waals surface area contributed by atoms with Gasteiger partial charge in [0.25, 0.3) is 0 Å². The van der Waals surface area contributed by atoms with E-state index in [0.717, 1.165) is 0 Å². The van der Waals surface area contributed by atoms with Crippen LogP contribution in [0.4, 0.5) is 14.5 Å². The number of hydrogen-bond acceptors (Lipinski definition) is 1. The van der Waals surface area contributed by atoms with Gasteiger partial charge in [-0.1, -0.05) is 35.3 Å². The zero-order valence-corrected chi connectivity index (χ0v) is 12.6. The van der Waals surface area contributed by atoms with Crippen molar-refractivity contribution in [2.75, 3.05) is 5.32 Å². The first-order chi connectivity index (χ1) is 8.99. The third kappa shape index (κ3) is 3.38. The van der Waals surface area contributed by atoms with Crippen LogP contribution in [0.15, 0.2) is 34.8 Å². The molecule has 0 unspecified atom stereocenters. The number of nitrogens with one attached hydrogen (secondary N) is 1. The zero-order chi connectivity index (χ0) is 14.0. The van der Waals surface area contributed by atoms with Crippen molar-refractivity contribution in [1.82, 2.24) is 0 Å². The molecule has 0 aromatic heterocycles. The van der Waals surface area contributed by atoms with E-state index in [-0.39, 0.29) is 16.6 Å². The average Bonchev–Trinajstić information content (AvgIpc) is 2.33. The molecule has 0 spiro atoms. The second-order valence-electron chi connectivity index (χ2n) is 3.81. The molecule has 0 saturated heterocycles. The molecule has 0 fully saturated rings. The van der Waals surface area contributed by atoms with Gasteiger partial charge in [0.2, 0.25) is 0 Å². The fourth-order valence-corrected chi connectivity index (χ4v) is 2.73. The van der Waals surface area contributed by atoms with E-state index in [0.29, 0.717) is 15.7 Å². The van der Waals surface area contributed by atoms with Crippen LogP contribution in [0.1, 0.15) is 5.56 Å². The van der Waals surface area contributed by atoms with Crippen LogP contribution in [0.25, 0.3) is 0 Å². The Hall–Kier alpha value is -0.840. The van der Waals surface area contributed by atoms with E-state index in [9.17, 15) is 8.78 Å². The van der Waals surface area contributed by atoms with Crippen molar-refractivity contribution in [3.63, 3.8) is 0 Å². The zero-order valence-electron chi connectivity index (χ0n) is 9.48. The Bertz CT molecular complexity index is 597. The molecular formula is C13H8BrCl2F2N. The van der Waals surface area contributed by atoms with Crippen molar-refractivity contribution in [2.45, 2.75) is 6.54 Å². The molecule has 1 N–H and O–H groups in total. The van der Waals surface area contributed by atoms with Crippen molar-refractivity contribution in [2.24, 2.45) is 0 Å². The molecule has 100 valence electrons. The van der Waals surface area contributed by atoms with E-state index in [4.69, 9.17) is 23.2 Å². The largest absolute Gasteiger partial charge is 0.379 e. The van der Waals surface area contributed by atoms with E-state index >= 15 is 0 Å². The molecule has 0 aliphatic carbocycles. The van der Waals surface area contributed by atoms with E-state index < -0.39 is 11.6 Å². The lowest BCUT2D eigenvalue weighted by Crippen LogP contribution is -2.02. The lowest BCUT2D eigenvalue weighted by atomic mass is 10.2. The predicted molar refractivity (Wildman–Crippen MR) is 77.8 cm³/mol. The Labute approximate surface area is 127 Å². The maximum atomic E-state index is 13.3. The van der Waals surface area contributed by atoms with Crippen LogP contribution in [-0.2, 0) is 6.54 Å². The van der Waals surface area contributed by atoms with Crippen molar-refractivity contribution < 1.29 is 8.78 Å². The molecule has 0 aliphatic heterocycles. The van der Waals surface area contributed by atoms with Gasteiger partial charge < -0.3 is 5.32 Å². The van der Waals surface area contributed by atoms with Gasteiger partial charge in [0.1, 0.15) is 11.6 Å².